The molecule has 0 heterocycles. The molecule has 0 aliphatic rings. The van der Waals surface area contributed by atoms with Gasteiger partial charge in [-0.3, -0.25) is 0 Å². The largest absolute Gasteiger partial charge is 0.398 e. The molecule has 0 spiro atoms. The van der Waals surface area contributed by atoms with E-state index in [0.717, 1.165) is 23.9 Å². The van der Waals surface area contributed by atoms with E-state index in [2.05, 4.69) is 4.72 Å². The third-order valence-electron chi connectivity index (χ3n) is 2.66. The molecule has 8 heteroatoms. The average molecular weight is 330 g/mol. The molecule has 21 heavy (non-hydrogen) atoms. The highest BCUT2D eigenvalue weighted by atomic mass is 32.2. The molecule has 0 aliphatic heterocycles. The van der Waals surface area contributed by atoms with Crippen LogP contribution >= 0.6 is 11.8 Å². The number of hydrogen-bond donors (Lipinski definition) is 2. The number of benzene rings is 2. The Bertz CT molecular complexity index is 780. The van der Waals surface area contributed by atoms with Crippen LogP contribution < -0.4 is 10.5 Å². The number of nitrogen functional groups attached to an aromatic ring is 1. The monoisotopic (exact) mass is 330 g/mol. The minimum absolute atomic E-state index is 0.0473. The second kappa shape index (κ2) is 6.00. The van der Waals surface area contributed by atoms with Crippen molar-refractivity contribution in [2.45, 2.75) is 14.7 Å². The third kappa shape index (κ3) is 3.52. The van der Waals surface area contributed by atoms with Crippen LogP contribution in [0.15, 0.2) is 51.1 Å². The van der Waals surface area contributed by atoms with Crippen molar-refractivity contribution in [1.29, 1.82) is 0 Å². The standard InChI is InChI=1S/C13H12F2N2O2S2/c1-17-21(18,19)13-5-3-9(7-11(13)16)20-12-4-2-8(14)6-10(12)15/h2-7,17H,16H2,1H3. The summed E-state index contributed by atoms with van der Waals surface area (Å²) in [5.41, 5.74) is 5.77. The summed E-state index contributed by atoms with van der Waals surface area (Å²) < 4.78 is 51.9. The molecule has 2 aromatic carbocycles. The number of nitrogens with one attached hydrogen (secondary N) is 1. The lowest BCUT2D eigenvalue weighted by Crippen LogP contribution is -2.19. The average Bonchev–Trinajstić information content (AvgIpc) is 2.42. The molecule has 0 unspecified atom stereocenters. The van der Waals surface area contributed by atoms with Crippen LogP contribution in [0.4, 0.5) is 14.5 Å². The molecule has 4 nitrogen and oxygen atoms in total. The van der Waals surface area contributed by atoms with Gasteiger partial charge in [-0.25, -0.2) is 21.9 Å². The fourth-order valence-corrected chi connectivity index (χ4v) is 3.33. The number of sulfonamides is 1. The zero-order valence-corrected chi connectivity index (χ0v) is 12.6. The van der Waals surface area contributed by atoms with Crippen LogP contribution in [0, 0.1) is 11.6 Å². The Kier molecular flexibility index (Phi) is 4.50. The van der Waals surface area contributed by atoms with Gasteiger partial charge in [0.15, 0.2) is 0 Å². The third-order valence-corrected chi connectivity index (χ3v) is 5.19. The van der Waals surface area contributed by atoms with Crippen LogP contribution in [0.2, 0.25) is 0 Å². The maximum atomic E-state index is 13.6. The number of nitrogens with two attached hydrogens (primary N) is 1. The molecule has 112 valence electrons. The van der Waals surface area contributed by atoms with Crippen molar-refractivity contribution >= 4 is 27.5 Å². The first kappa shape index (κ1) is 15.7. The van der Waals surface area contributed by atoms with Gasteiger partial charge in [0.1, 0.15) is 16.5 Å². The minimum Gasteiger partial charge on any atom is -0.398 e. The Morgan fingerprint density at radius 2 is 1.86 bits per heavy atom. The molecule has 0 saturated heterocycles. The van der Waals surface area contributed by atoms with Gasteiger partial charge in [-0.15, -0.1) is 0 Å². The molecule has 2 rings (SSSR count). The fourth-order valence-electron chi connectivity index (χ4n) is 1.63. The minimum atomic E-state index is -3.64. The van der Waals surface area contributed by atoms with Gasteiger partial charge in [-0.1, -0.05) is 11.8 Å². The van der Waals surface area contributed by atoms with E-state index in [0.29, 0.717) is 4.90 Å². The quantitative estimate of drug-likeness (QED) is 0.845. The number of rotatable bonds is 4. The lowest BCUT2D eigenvalue weighted by molar-refractivity contribution is 0.565. The van der Waals surface area contributed by atoms with E-state index in [4.69, 9.17) is 5.73 Å². The summed E-state index contributed by atoms with van der Waals surface area (Å²) in [5.74, 6) is -1.35. The van der Waals surface area contributed by atoms with E-state index >= 15 is 0 Å². The molecule has 3 N–H and O–H groups in total. The first-order chi connectivity index (χ1) is 9.83. The Morgan fingerprint density at radius 3 is 2.43 bits per heavy atom. The predicted octanol–water partition coefficient (Wildman–Crippen LogP) is 2.61. The van der Waals surface area contributed by atoms with E-state index in [9.17, 15) is 17.2 Å². The molecule has 0 radical (unpaired) electrons. The van der Waals surface area contributed by atoms with E-state index in [-0.39, 0.29) is 15.5 Å². The Labute approximate surface area is 125 Å². The highest BCUT2D eigenvalue weighted by Gasteiger charge is 2.16. The van der Waals surface area contributed by atoms with Crippen molar-refractivity contribution in [3.63, 3.8) is 0 Å². The number of hydrogen-bond acceptors (Lipinski definition) is 4. The summed E-state index contributed by atoms with van der Waals surface area (Å²) >= 11 is 1.03. The van der Waals surface area contributed by atoms with Gasteiger partial charge in [-0.05, 0) is 37.4 Å². The van der Waals surface area contributed by atoms with Crippen LogP contribution in [0.25, 0.3) is 0 Å². The van der Waals surface area contributed by atoms with Crippen molar-refractivity contribution in [3.8, 4) is 0 Å². The SMILES string of the molecule is CNS(=O)(=O)c1ccc(Sc2ccc(F)cc2F)cc1N. The van der Waals surface area contributed by atoms with E-state index < -0.39 is 21.7 Å². The van der Waals surface area contributed by atoms with Crippen LogP contribution in [0.5, 0.6) is 0 Å². The molecule has 2 aromatic rings. The number of anilines is 1. The van der Waals surface area contributed by atoms with Crippen LogP contribution in [-0.4, -0.2) is 15.5 Å². The maximum absolute atomic E-state index is 13.6. The van der Waals surface area contributed by atoms with E-state index in [1.807, 2.05) is 0 Å². The first-order valence-corrected chi connectivity index (χ1v) is 8.09. The normalized spacial score (nSPS) is 11.6. The van der Waals surface area contributed by atoms with Crippen LogP contribution in [-0.2, 0) is 10.0 Å². The summed E-state index contributed by atoms with van der Waals surface area (Å²) in [4.78, 5) is 0.724. The Balaban J connectivity index is 2.33. The lowest BCUT2D eigenvalue weighted by Gasteiger charge is -2.09. The van der Waals surface area contributed by atoms with Gasteiger partial charge in [0.2, 0.25) is 10.0 Å². The van der Waals surface area contributed by atoms with Gasteiger partial charge in [0.05, 0.1) is 5.69 Å². The summed E-state index contributed by atoms with van der Waals surface area (Å²) in [7, 11) is -2.36. The zero-order valence-electron chi connectivity index (χ0n) is 10.9. The number of halogens is 2. The fraction of sp³-hybridized carbons (Fsp3) is 0.0769. The summed E-state index contributed by atoms with van der Waals surface area (Å²) in [6.07, 6.45) is 0. The van der Waals surface area contributed by atoms with Gasteiger partial charge >= 0.3 is 0 Å². The molecular weight excluding hydrogens is 318 g/mol. The van der Waals surface area contributed by atoms with E-state index in [1.54, 1.807) is 0 Å². The second-order valence-corrected chi connectivity index (χ2v) is 7.05. The molecule has 0 aromatic heterocycles. The molecule has 0 fully saturated rings. The smallest absolute Gasteiger partial charge is 0.242 e. The molecule has 0 bridgehead atoms. The van der Waals surface area contributed by atoms with Crippen molar-refractivity contribution in [1.82, 2.24) is 4.72 Å². The predicted molar refractivity (Wildman–Crippen MR) is 77.6 cm³/mol. The summed E-state index contributed by atoms with van der Waals surface area (Å²) in [6, 6.07) is 7.51. The second-order valence-electron chi connectivity index (χ2n) is 4.08. The summed E-state index contributed by atoms with van der Waals surface area (Å²) in [5, 5.41) is 0. The lowest BCUT2D eigenvalue weighted by atomic mass is 10.3. The maximum Gasteiger partial charge on any atom is 0.242 e. The van der Waals surface area contributed by atoms with Gasteiger partial charge in [0, 0.05) is 15.9 Å². The highest BCUT2D eigenvalue weighted by Crippen LogP contribution is 2.33. The molecule has 0 atom stereocenters. The Hall–Kier alpha value is -1.64. The van der Waals surface area contributed by atoms with Crippen molar-refractivity contribution < 1.29 is 17.2 Å². The van der Waals surface area contributed by atoms with Gasteiger partial charge < -0.3 is 5.73 Å². The van der Waals surface area contributed by atoms with Crippen molar-refractivity contribution in [2.75, 3.05) is 12.8 Å². The first-order valence-electron chi connectivity index (χ1n) is 5.79. The summed E-state index contributed by atoms with van der Waals surface area (Å²) in [6.45, 7) is 0. The Morgan fingerprint density at radius 1 is 1.14 bits per heavy atom. The van der Waals surface area contributed by atoms with Gasteiger partial charge in [0.25, 0.3) is 0 Å². The topological polar surface area (TPSA) is 72.2 Å². The highest BCUT2D eigenvalue weighted by molar-refractivity contribution is 7.99. The molecule has 0 aliphatic carbocycles. The van der Waals surface area contributed by atoms with Crippen molar-refractivity contribution in [2.24, 2.45) is 0 Å². The van der Waals surface area contributed by atoms with Crippen molar-refractivity contribution in [3.05, 3.63) is 48.0 Å². The van der Waals surface area contributed by atoms with Crippen LogP contribution in [0.3, 0.4) is 0 Å². The van der Waals surface area contributed by atoms with Gasteiger partial charge in [-0.2, -0.15) is 0 Å². The zero-order chi connectivity index (χ0) is 15.6. The molecular formula is C13H12F2N2O2S2. The molecule has 0 amide bonds. The molecule has 0 saturated carbocycles. The van der Waals surface area contributed by atoms with E-state index in [1.165, 1.54) is 31.3 Å². The van der Waals surface area contributed by atoms with Crippen LogP contribution in [0.1, 0.15) is 0 Å².